The molecule has 1 aromatic rings. The van der Waals surface area contributed by atoms with Gasteiger partial charge < -0.3 is 26.0 Å². The number of halogens is 3. The molecule has 1 aliphatic carbocycles. The van der Waals surface area contributed by atoms with Crippen LogP contribution in [0.2, 0.25) is 0 Å². The third-order valence-electron chi connectivity index (χ3n) is 5.98. The van der Waals surface area contributed by atoms with Crippen LogP contribution in [-0.4, -0.2) is 69.6 Å². The number of carbonyl (C=O) groups excluding carboxylic acids is 2. The van der Waals surface area contributed by atoms with Gasteiger partial charge in [-0.1, -0.05) is 18.8 Å². The van der Waals surface area contributed by atoms with E-state index in [1.54, 1.807) is 0 Å². The van der Waals surface area contributed by atoms with Gasteiger partial charge in [-0.25, -0.2) is 4.98 Å². The zero-order chi connectivity index (χ0) is 24.7. The Bertz CT molecular complexity index is 946. The average Bonchev–Trinajstić information content (AvgIpc) is 2.79. The van der Waals surface area contributed by atoms with E-state index in [1.807, 2.05) is 0 Å². The molecule has 1 unspecified atom stereocenters. The largest absolute Gasteiger partial charge is 0.421 e. The fourth-order valence-electron chi connectivity index (χ4n) is 4.34. The second-order valence-corrected chi connectivity index (χ2v) is 8.43. The lowest BCUT2D eigenvalue weighted by Gasteiger charge is -2.34. The van der Waals surface area contributed by atoms with E-state index in [0.29, 0.717) is 38.8 Å². The van der Waals surface area contributed by atoms with Crippen LogP contribution < -0.4 is 16.0 Å². The van der Waals surface area contributed by atoms with Crippen molar-refractivity contribution in [3.05, 3.63) is 11.8 Å². The van der Waals surface area contributed by atoms with E-state index in [-0.39, 0.29) is 23.8 Å². The van der Waals surface area contributed by atoms with Crippen molar-refractivity contribution >= 4 is 23.6 Å². The molecule has 1 saturated carbocycles. The number of hydrogen-bond donors (Lipinski definition) is 4. The summed E-state index contributed by atoms with van der Waals surface area (Å²) in [6, 6.07) is -1.10. The van der Waals surface area contributed by atoms with Crippen LogP contribution in [0.3, 0.4) is 0 Å². The highest BCUT2D eigenvalue weighted by Crippen LogP contribution is 2.35. The molecule has 12 heteroatoms. The summed E-state index contributed by atoms with van der Waals surface area (Å²) in [6.45, 7) is 1.74. The summed E-state index contributed by atoms with van der Waals surface area (Å²) in [7, 11) is 0. The number of nitrogens with one attached hydrogen (secondary N) is 3. The third kappa shape index (κ3) is 6.72. The minimum Gasteiger partial charge on any atom is -0.387 e. The Hall–Kier alpha value is -3.07. The molecular formula is C22H29F3N6O3. The molecule has 0 spiro atoms. The highest BCUT2D eigenvalue weighted by atomic mass is 19.4. The van der Waals surface area contributed by atoms with Gasteiger partial charge in [-0.2, -0.15) is 18.2 Å². The smallest absolute Gasteiger partial charge is 0.387 e. The van der Waals surface area contributed by atoms with Crippen LogP contribution >= 0.6 is 0 Å². The topological polar surface area (TPSA) is 119 Å². The Morgan fingerprint density at radius 3 is 2.59 bits per heavy atom. The highest BCUT2D eigenvalue weighted by molar-refractivity contribution is 5.93. The zero-order valence-electron chi connectivity index (χ0n) is 18.9. The molecule has 1 saturated heterocycles. The molecule has 9 nitrogen and oxygen atoms in total. The Balaban J connectivity index is 1.79. The van der Waals surface area contributed by atoms with Crippen LogP contribution in [0.5, 0.6) is 0 Å². The lowest BCUT2D eigenvalue weighted by Crippen LogP contribution is -2.48. The minimum atomic E-state index is -4.67. The fourth-order valence-corrected chi connectivity index (χ4v) is 4.34. The van der Waals surface area contributed by atoms with Crippen molar-refractivity contribution in [1.29, 1.82) is 0 Å². The first-order valence-corrected chi connectivity index (χ1v) is 11.3. The van der Waals surface area contributed by atoms with E-state index in [0.717, 1.165) is 19.0 Å². The molecule has 0 aromatic carbocycles. The summed E-state index contributed by atoms with van der Waals surface area (Å²) < 4.78 is 41.1. The Morgan fingerprint density at radius 1 is 1.18 bits per heavy atom. The van der Waals surface area contributed by atoms with Crippen molar-refractivity contribution in [1.82, 2.24) is 20.2 Å². The van der Waals surface area contributed by atoms with Gasteiger partial charge in [0.25, 0.3) is 5.91 Å². The van der Waals surface area contributed by atoms with Crippen molar-refractivity contribution in [2.75, 3.05) is 30.3 Å². The molecular weight excluding hydrogens is 453 g/mol. The van der Waals surface area contributed by atoms with Gasteiger partial charge in [-0.15, -0.1) is 0 Å². The number of hydrogen-bond acceptors (Lipinski definition) is 7. The molecule has 34 heavy (non-hydrogen) atoms. The molecule has 4 N–H and O–H groups in total. The molecule has 186 valence electrons. The Labute approximate surface area is 195 Å². The Kier molecular flexibility index (Phi) is 8.55. The average molecular weight is 483 g/mol. The summed E-state index contributed by atoms with van der Waals surface area (Å²) in [5.41, 5.74) is -0.997. The minimum absolute atomic E-state index is 0.00652. The maximum Gasteiger partial charge on any atom is 0.421 e. The van der Waals surface area contributed by atoms with Crippen molar-refractivity contribution in [2.24, 2.45) is 0 Å². The predicted molar refractivity (Wildman–Crippen MR) is 119 cm³/mol. The van der Waals surface area contributed by atoms with Gasteiger partial charge >= 0.3 is 6.18 Å². The molecule has 1 aromatic heterocycles. The predicted octanol–water partition coefficient (Wildman–Crippen LogP) is 1.75. The first-order valence-electron chi connectivity index (χ1n) is 11.3. The van der Waals surface area contributed by atoms with Crippen molar-refractivity contribution < 1.29 is 27.9 Å². The number of aromatic nitrogens is 2. The first-order chi connectivity index (χ1) is 16.2. The number of aliphatic hydroxyl groups is 1. The maximum absolute atomic E-state index is 13.7. The van der Waals surface area contributed by atoms with Crippen molar-refractivity contribution in [2.45, 2.75) is 69.8 Å². The van der Waals surface area contributed by atoms with Gasteiger partial charge in [0.2, 0.25) is 11.9 Å². The lowest BCUT2D eigenvalue weighted by molar-refractivity contribution is -0.137. The zero-order valence-corrected chi connectivity index (χ0v) is 18.9. The number of rotatable bonds is 6. The van der Waals surface area contributed by atoms with Gasteiger partial charge in [0.15, 0.2) is 0 Å². The van der Waals surface area contributed by atoms with Crippen LogP contribution in [0.25, 0.3) is 0 Å². The number of aliphatic hydroxyl groups excluding tert-OH is 1. The number of likely N-dealkylation sites (tertiary alicyclic amines) is 1. The van der Waals surface area contributed by atoms with Gasteiger partial charge in [0, 0.05) is 37.4 Å². The van der Waals surface area contributed by atoms with Crippen LogP contribution in [0.1, 0.15) is 51.0 Å². The monoisotopic (exact) mass is 482 g/mol. The van der Waals surface area contributed by atoms with Gasteiger partial charge in [-0.05, 0) is 38.5 Å². The van der Waals surface area contributed by atoms with Gasteiger partial charge in [-0.3, -0.25) is 9.59 Å². The summed E-state index contributed by atoms with van der Waals surface area (Å²) >= 11 is 0. The third-order valence-corrected chi connectivity index (χ3v) is 5.98. The van der Waals surface area contributed by atoms with Gasteiger partial charge in [0.05, 0.1) is 0 Å². The Morgan fingerprint density at radius 2 is 1.91 bits per heavy atom. The molecule has 0 radical (unpaired) electrons. The number of alkyl halides is 3. The number of piperidine rings is 1. The van der Waals surface area contributed by atoms with E-state index >= 15 is 0 Å². The lowest BCUT2D eigenvalue weighted by atomic mass is 9.90. The molecule has 3 rings (SSSR count). The van der Waals surface area contributed by atoms with Crippen molar-refractivity contribution in [3.8, 4) is 11.8 Å². The second-order valence-electron chi connectivity index (χ2n) is 8.43. The molecule has 2 fully saturated rings. The quantitative estimate of drug-likeness (QED) is 0.456. The molecule has 3 atom stereocenters. The van der Waals surface area contributed by atoms with E-state index in [4.69, 9.17) is 5.11 Å². The molecule has 2 amide bonds. The van der Waals surface area contributed by atoms with Crippen LogP contribution in [0.15, 0.2) is 6.20 Å². The maximum atomic E-state index is 13.7. The first kappa shape index (κ1) is 25.6. The standard InChI is InChI=1S/C22H29F3N6O3/c1-2-6-18(33)28-16-8-3-4-9-17(16)29-20-15(22(23,24)25)11-26-21(30-20)27-14-7-5-10-31(12-14)19(34)13-32/h11,14,16-17,32H,3-5,7-10,12-13H2,1H3,(H,28,33)(H2,26,27,29,30)/t14?,16-,17-/m1/s1. The van der Waals surface area contributed by atoms with E-state index < -0.39 is 36.2 Å². The number of anilines is 2. The fraction of sp³-hybridized carbons (Fsp3) is 0.636. The molecule has 2 heterocycles. The van der Waals surface area contributed by atoms with Crippen molar-refractivity contribution in [3.63, 3.8) is 0 Å². The number of amides is 2. The summed E-state index contributed by atoms with van der Waals surface area (Å²) in [5.74, 6) is 3.68. The summed E-state index contributed by atoms with van der Waals surface area (Å²) in [4.78, 5) is 33.2. The normalized spacial score (nSPS) is 22.9. The second kappa shape index (κ2) is 11.4. The molecule has 2 aliphatic rings. The van der Waals surface area contributed by atoms with E-state index in [2.05, 4.69) is 37.8 Å². The van der Waals surface area contributed by atoms with Crippen LogP contribution in [0.4, 0.5) is 24.9 Å². The van der Waals surface area contributed by atoms with Crippen LogP contribution in [-0.2, 0) is 15.8 Å². The molecule has 1 aliphatic heterocycles. The number of carbonyl (C=O) groups is 2. The SMILES string of the molecule is CC#CC(=O)N[C@@H]1CCCC[C@H]1Nc1nc(NC2CCCN(C(=O)CO)C2)ncc1C(F)(F)F. The summed E-state index contributed by atoms with van der Waals surface area (Å²) in [5, 5.41) is 17.8. The van der Waals surface area contributed by atoms with Gasteiger partial charge in [0.1, 0.15) is 18.0 Å². The van der Waals surface area contributed by atoms with Crippen LogP contribution in [0, 0.1) is 11.8 Å². The molecule has 0 bridgehead atoms. The summed E-state index contributed by atoms with van der Waals surface area (Å²) in [6.07, 6.45) is 0.247. The highest BCUT2D eigenvalue weighted by Gasteiger charge is 2.37. The number of nitrogens with zero attached hydrogens (tertiary/aromatic N) is 3. The van der Waals surface area contributed by atoms with E-state index in [1.165, 1.54) is 11.8 Å². The van der Waals surface area contributed by atoms with E-state index in [9.17, 15) is 22.8 Å².